The van der Waals surface area contributed by atoms with Gasteiger partial charge in [-0.2, -0.15) is 0 Å². The molecule has 0 aliphatic carbocycles. The predicted molar refractivity (Wildman–Crippen MR) is 134 cm³/mol. The fraction of sp³-hybridized carbons (Fsp3) is 0.310. The Morgan fingerprint density at radius 2 is 1.39 bits per heavy atom. The maximum atomic E-state index is 13.6. The molecule has 0 saturated heterocycles. The highest BCUT2D eigenvalue weighted by molar-refractivity contribution is 5.89. The van der Waals surface area contributed by atoms with Crippen LogP contribution in [0.2, 0.25) is 0 Å². The number of amides is 2. The van der Waals surface area contributed by atoms with E-state index in [-0.39, 0.29) is 24.3 Å². The Labute approximate surface area is 197 Å². The van der Waals surface area contributed by atoms with E-state index in [1.807, 2.05) is 106 Å². The van der Waals surface area contributed by atoms with Gasteiger partial charge in [-0.1, -0.05) is 97.4 Å². The van der Waals surface area contributed by atoms with Crippen LogP contribution in [0.4, 0.5) is 0 Å². The first kappa shape index (κ1) is 24.2. The molecule has 0 aliphatic rings. The fourth-order valence-electron chi connectivity index (χ4n) is 3.76. The van der Waals surface area contributed by atoms with Crippen molar-refractivity contribution in [3.63, 3.8) is 0 Å². The van der Waals surface area contributed by atoms with Crippen LogP contribution in [0.25, 0.3) is 0 Å². The van der Waals surface area contributed by atoms with Crippen molar-refractivity contribution in [3.05, 3.63) is 107 Å². The van der Waals surface area contributed by atoms with Crippen molar-refractivity contribution in [3.8, 4) is 0 Å². The summed E-state index contributed by atoms with van der Waals surface area (Å²) >= 11 is 0. The zero-order valence-electron chi connectivity index (χ0n) is 19.8. The number of carbonyl (C=O) groups is 2. The van der Waals surface area contributed by atoms with Crippen LogP contribution in [0.15, 0.2) is 84.9 Å². The maximum absolute atomic E-state index is 13.6. The average molecular weight is 443 g/mol. The fourth-order valence-corrected chi connectivity index (χ4v) is 3.76. The second-order valence-corrected chi connectivity index (χ2v) is 8.69. The van der Waals surface area contributed by atoms with E-state index in [1.165, 1.54) is 0 Å². The number of benzene rings is 3. The van der Waals surface area contributed by atoms with Crippen LogP contribution in [0, 0.1) is 6.92 Å². The first-order valence-corrected chi connectivity index (χ1v) is 11.7. The molecule has 0 radical (unpaired) electrons. The van der Waals surface area contributed by atoms with E-state index in [9.17, 15) is 9.59 Å². The molecule has 0 spiro atoms. The molecule has 3 aromatic rings. The van der Waals surface area contributed by atoms with Crippen LogP contribution in [-0.4, -0.2) is 28.8 Å². The molecule has 3 rings (SSSR count). The molecular formula is C29H34N2O2. The van der Waals surface area contributed by atoms with E-state index in [0.717, 1.165) is 28.7 Å². The van der Waals surface area contributed by atoms with Gasteiger partial charge in [-0.05, 0) is 37.0 Å². The summed E-state index contributed by atoms with van der Waals surface area (Å²) in [5.41, 5.74) is 4.15. The van der Waals surface area contributed by atoms with Gasteiger partial charge in [0.05, 0.1) is 6.42 Å². The second kappa shape index (κ2) is 12.0. The standard InChI is InChI=1S/C29H34N2O2/c1-4-23(3)30-29(33)27(19-24-11-7-5-8-12-24)31(21-26-17-15-22(2)16-18-26)28(32)20-25-13-9-6-10-14-25/h5-18,23,27H,4,19-21H2,1-3H3,(H,30,33)/t23-,27-/m1/s1. The Morgan fingerprint density at radius 3 is 1.97 bits per heavy atom. The molecule has 1 N–H and O–H groups in total. The van der Waals surface area contributed by atoms with Gasteiger partial charge in [0, 0.05) is 19.0 Å². The van der Waals surface area contributed by atoms with E-state index in [0.29, 0.717) is 13.0 Å². The second-order valence-electron chi connectivity index (χ2n) is 8.69. The Morgan fingerprint density at radius 1 is 0.818 bits per heavy atom. The van der Waals surface area contributed by atoms with E-state index < -0.39 is 6.04 Å². The minimum Gasteiger partial charge on any atom is -0.352 e. The number of aryl methyl sites for hydroxylation is 1. The molecule has 0 saturated carbocycles. The average Bonchev–Trinajstić information content (AvgIpc) is 2.83. The number of nitrogens with one attached hydrogen (secondary N) is 1. The third-order valence-electron chi connectivity index (χ3n) is 5.94. The highest BCUT2D eigenvalue weighted by Gasteiger charge is 2.30. The van der Waals surface area contributed by atoms with Gasteiger partial charge in [0.1, 0.15) is 6.04 Å². The van der Waals surface area contributed by atoms with Crippen molar-refractivity contribution in [2.45, 2.75) is 58.7 Å². The smallest absolute Gasteiger partial charge is 0.243 e. The number of hydrogen-bond acceptors (Lipinski definition) is 2. The summed E-state index contributed by atoms with van der Waals surface area (Å²) in [5, 5.41) is 3.11. The van der Waals surface area contributed by atoms with Crippen molar-refractivity contribution in [2.75, 3.05) is 0 Å². The van der Waals surface area contributed by atoms with Crippen molar-refractivity contribution in [1.82, 2.24) is 10.2 Å². The Balaban J connectivity index is 1.95. The summed E-state index contributed by atoms with van der Waals surface area (Å²) < 4.78 is 0. The van der Waals surface area contributed by atoms with Crippen LogP contribution in [0.5, 0.6) is 0 Å². The summed E-state index contributed by atoms with van der Waals surface area (Å²) in [6.45, 7) is 6.46. The summed E-state index contributed by atoms with van der Waals surface area (Å²) in [7, 11) is 0. The predicted octanol–water partition coefficient (Wildman–Crippen LogP) is 5.09. The van der Waals surface area contributed by atoms with Gasteiger partial charge in [0.15, 0.2) is 0 Å². The lowest BCUT2D eigenvalue weighted by molar-refractivity contribution is -0.141. The van der Waals surface area contributed by atoms with Crippen molar-refractivity contribution in [2.24, 2.45) is 0 Å². The van der Waals surface area contributed by atoms with Gasteiger partial charge in [-0.25, -0.2) is 0 Å². The molecule has 2 atom stereocenters. The van der Waals surface area contributed by atoms with Crippen LogP contribution in [0.3, 0.4) is 0 Å². The van der Waals surface area contributed by atoms with E-state index >= 15 is 0 Å². The first-order valence-electron chi connectivity index (χ1n) is 11.7. The molecular weight excluding hydrogens is 408 g/mol. The number of hydrogen-bond donors (Lipinski definition) is 1. The molecule has 0 bridgehead atoms. The molecule has 2 amide bonds. The number of nitrogens with zero attached hydrogens (tertiary/aromatic N) is 1. The van der Waals surface area contributed by atoms with Crippen LogP contribution >= 0.6 is 0 Å². The van der Waals surface area contributed by atoms with Crippen LogP contribution < -0.4 is 5.32 Å². The SMILES string of the molecule is CC[C@@H](C)NC(=O)[C@@H](Cc1ccccc1)N(Cc1ccc(C)cc1)C(=O)Cc1ccccc1. The quantitative estimate of drug-likeness (QED) is 0.475. The number of carbonyl (C=O) groups excluding carboxylic acids is 2. The third-order valence-corrected chi connectivity index (χ3v) is 5.94. The molecule has 0 heterocycles. The summed E-state index contributed by atoms with van der Waals surface area (Å²) in [4.78, 5) is 28.8. The largest absolute Gasteiger partial charge is 0.352 e. The molecule has 3 aromatic carbocycles. The zero-order chi connectivity index (χ0) is 23.6. The molecule has 0 fully saturated rings. The topological polar surface area (TPSA) is 49.4 Å². The van der Waals surface area contributed by atoms with Crippen LogP contribution in [-0.2, 0) is 29.0 Å². The van der Waals surface area contributed by atoms with Gasteiger partial charge >= 0.3 is 0 Å². The lowest BCUT2D eigenvalue weighted by Crippen LogP contribution is -2.52. The lowest BCUT2D eigenvalue weighted by atomic mass is 10.0. The Hall–Kier alpha value is -3.40. The van der Waals surface area contributed by atoms with Gasteiger partial charge in [-0.3, -0.25) is 9.59 Å². The maximum Gasteiger partial charge on any atom is 0.243 e. The van der Waals surface area contributed by atoms with E-state index in [4.69, 9.17) is 0 Å². The minimum absolute atomic E-state index is 0.0428. The monoisotopic (exact) mass is 442 g/mol. The highest BCUT2D eigenvalue weighted by Crippen LogP contribution is 2.17. The van der Waals surface area contributed by atoms with Crippen molar-refractivity contribution < 1.29 is 9.59 Å². The van der Waals surface area contributed by atoms with Gasteiger partial charge in [0.25, 0.3) is 0 Å². The highest BCUT2D eigenvalue weighted by atomic mass is 16.2. The van der Waals surface area contributed by atoms with Crippen molar-refractivity contribution >= 4 is 11.8 Å². The van der Waals surface area contributed by atoms with Gasteiger partial charge in [0.2, 0.25) is 11.8 Å². The Bertz CT molecular complexity index is 1020. The third kappa shape index (κ3) is 7.31. The first-order chi connectivity index (χ1) is 16.0. The summed E-state index contributed by atoms with van der Waals surface area (Å²) in [6, 6.07) is 27.2. The summed E-state index contributed by atoms with van der Waals surface area (Å²) in [5.74, 6) is -0.163. The Kier molecular flexibility index (Phi) is 8.82. The van der Waals surface area contributed by atoms with E-state index in [1.54, 1.807) is 4.90 Å². The van der Waals surface area contributed by atoms with Gasteiger partial charge < -0.3 is 10.2 Å². The number of rotatable bonds is 10. The molecule has 0 aromatic heterocycles. The molecule has 4 heteroatoms. The zero-order valence-corrected chi connectivity index (χ0v) is 19.8. The molecule has 33 heavy (non-hydrogen) atoms. The lowest BCUT2D eigenvalue weighted by Gasteiger charge is -2.32. The molecule has 4 nitrogen and oxygen atoms in total. The molecule has 0 aliphatic heterocycles. The van der Waals surface area contributed by atoms with E-state index in [2.05, 4.69) is 5.32 Å². The molecule has 172 valence electrons. The summed E-state index contributed by atoms with van der Waals surface area (Å²) in [6.07, 6.45) is 1.56. The van der Waals surface area contributed by atoms with Gasteiger partial charge in [-0.15, -0.1) is 0 Å². The van der Waals surface area contributed by atoms with Crippen molar-refractivity contribution in [1.29, 1.82) is 0 Å². The van der Waals surface area contributed by atoms with Crippen LogP contribution in [0.1, 0.15) is 42.5 Å². The normalized spacial score (nSPS) is 12.6. The minimum atomic E-state index is -0.598. The molecule has 0 unspecified atom stereocenters.